The first kappa shape index (κ1) is 48.0. The van der Waals surface area contributed by atoms with E-state index in [0.717, 1.165) is 6.42 Å². The third kappa shape index (κ3) is 37.2. The number of para-hydroxylation sites is 1. The predicted molar refractivity (Wildman–Crippen MR) is 161 cm³/mol. The van der Waals surface area contributed by atoms with Crippen molar-refractivity contribution in [3.8, 4) is 5.75 Å². The summed E-state index contributed by atoms with van der Waals surface area (Å²) in [5.41, 5.74) is 0.418. The molecule has 242 valence electrons. The molecule has 0 radical (unpaired) electrons. The number of aliphatic hydroxyl groups is 5. The Bertz CT molecular complexity index is 681. The highest BCUT2D eigenvalue weighted by atomic mass is 17.2. The molecule has 0 aliphatic heterocycles. The average Bonchev–Trinajstić information content (AvgIpc) is 2.92. The Morgan fingerprint density at radius 1 is 0.732 bits per heavy atom. The molecule has 5 N–H and O–H groups in total. The lowest BCUT2D eigenvalue weighted by Crippen LogP contribution is -2.45. The standard InChI is InChI=1S/C20H26O6.5C2H6O/c1-6-7-13-20(14-23-18(21)15(2)3,26-25-19(22)16(4)5)24-17-11-9-8-10-12-17;5*1-2-3/h8-12H,2,4,6-7,13-14H2,1,3,5H3;5*3H,2H2,1H3. The molecule has 1 rings (SSSR count). The monoisotopic (exact) mass is 592 g/mol. The molecule has 0 saturated heterocycles. The minimum Gasteiger partial charge on any atom is -0.455 e. The van der Waals surface area contributed by atoms with Gasteiger partial charge in [-0.2, -0.15) is 0 Å². The molecule has 0 heterocycles. The van der Waals surface area contributed by atoms with E-state index in [2.05, 4.69) is 13.2 Å². The molecule has 0 saturated carbocycles. The number of benzene rings is 1. The van der Waals surface area contributed by atoms with E-state index in [1.807, 2.05) is 13.0 Å². The van der Waals surface area contributed by atoms with Gasteiger partial charge in [0.1, 0.15) is 5.75 Å². The largest absolute Gasteiger partial charge is 0.455 e. The molecular formula is C30H56O11. The lowest BCUT2D eigenvalue weighted by molar-refractivity contribution is -0.391. The van der Waals surface area contributed by atoms with Crippen LogP contribution in [0.5, 0.6) is 5.75 Å². The second kappa shape index (κ2) is 37.2. The van der Waals surface area contributed by atoms with Gasteiger partial charge in [0.15, 0.2) is 6.61 Å². The van der Waals surface area contributed by atoms with Crippen molar-refractivity contribution in [3.05, 3.63) is 54.6 Å². The van der Waals surface area contributed by atoms with E-state index in [-0.39, 0.29) is 50.8 Å². The fourth-order valence-electron chi connectivity index (χ4n) is 1.87. The summed E-state index contributed by atoms with van der Waals surface area (Å²) < 4.78 is 11.2. The van der Waals surface area contributed by atoms with Crippen LogP contribution >= 0.6 is 0 Å². The molecule has 0 aromatic heterocycles. The molecule has 0 aliphatic carbocycles. The summed E-state index contributed by atoms with van der Waals surface area (Å²) in [6.45, 7) is 21.5. The van der Waals surface area contributed by atoms with Gasteiger partial charge >= 0.3 is 11.9 Å². The number of hydrogen-bond donors (Lipinski definition) is 5. The molecule has 1 atom stereocenters. The molecule has 0 amide bonds. The fraction of sp³-hybridized carbons (Fsp3) is 0.600. The Morgan fingerprint density at radius 3 is 1.46 bits per heavy atom. The van der Waals surface area contributed by atoms with Gasteiger partial charge in [0.2, 0.25) is 0 Å². The van der Waals surface area contributed by atoms with Gasteiger partial charge in [-0.15, -0.1) is 4.89 Å². The summed E-state index contributed by atoms with van der Waals surface area (Å²) in [5.74, 6) is -2.30. The van der Waals surface area contributed by atoms with E-state index < -0.39 is 17.7 Å². The van der Waals surface area contributed by atoms with Crippen LogP contribution in [0.4, 0.5) is 0 Å². The van der Waals surface area contributed by atoms with Crippen molar-refractivity contribution in [3.63, 3.8) is 0 Å². The molecule has 41 heavy (non-hydrogen) atoms. The minimum absolute atomic E-state index is 0.174. The Morgan fingerprint density at radius 2 is 1.12 bits per heavy atom. The number of hydrogen-bond acceptors (Lipinski definition) is 11. The number of carbonyl (C=O) groups excluding carboxylic acids is 2. The third-order valence-corrected chi connectivity index (χ3v) is 3.35. The lowest BCUT2D eigenvalue weighted by Gasteiger charge is -2.31. The SMILES string of the molecule is C=C(C)C(=O)OCC(CCCC)(OOC(=O)C(=C)C)Oc1ccccc1.CCO.CCO.CCO.CCO.CCO. The molecule has 0 bridgehead atoms. The zero-order valence-corrected chi connectivity index (χ0v) is 26.4. The Kier molecular flexibility index (Phi) is 43.5. The Labute approximate surface area is 247 Å². The number of carbonyl (C=O) groups is 2. The van der Waals surface area contributed by atoms with E-state index in [4.69, 9.17) is 44.8 Å². The van der Waals surface area contributed by atoms with Crippen LogP contribution in [0, 0.1) is 0 Å². The van der Waals surface area contributed by atoms with Crippen LogP contribution in [0.1, 0.15) is 74.7 Å². The molecule has 11 nitrogen and oxygen atoms in total. The van der Waals surface area contributed by atoms with Gasteiger partial charge in [0, 0.05) is 50.6 Å². The minimum atomic E-state index is -1.48. The second-order valence-corrected chi connectivity index (χ2v) is 7.60. The van der Waals surface area contributed by atoms with Crippen LogP contribution in [-0.2, 0) is 24.1 Å². The molecule has 1 aromatic rings. The first-order valence-electron chi connectivity index (χ1n) is 13.5. The molecule has 0 spiro atoms. The lowest BCUT2D eigenvalue weighted by atomic mass is 10.1. The molecule has 11 heteroatoms. The van der Waals surface area contributed by atoms with Gasteiger partial charge in [0.25, 0.3) is 5.79 Å². The van der Waals surface area contributed by atoms with Crippen molar-refractivity contribution >= 4 is 11.9 Å². The summed E-state index contributed by atoms with van der Waals surface area (Å²) >= 11 is 0. The fourth-order valence-corrected chi connectivity index (χ4v) is 1.87. The van der Waals surface area contributed by atoms with Crippen molar-refractivity contribution in [1.29, 1.82) is 0 Å². The maximum Gasteiger partial charge on any atom is 0.368 e. The summed E-state index contributed by atoms with van der Waals surface area (Å²) in [5, 5.41) is 37.8. The van der Waals surface area contributed by atoms with Crippen molar-refractivity contribution in [2.75, 3.05) is 39.6 Å². The van der Waals surface area contributed by atoms with E-state index in [9.17, 15) is 9.59 Å². The van der Waals surface area contributed by atoms with Gasteiger partial charge in [-0.05, 0) is 67.0 Å². The third-order valence-electron chi connectivity index (χ3n) is 3.35. The van der Waals surface area contributed by atoms with Crippen LogP contribution in [0.15, 0.2) is 54.6 Å². The van der Waals surface area contributed by atoms with Crippen molar-refractivity contribution in [1.82, 2.24) is 0 Å². The summed E-state index contributed by atoms with van der Waals surface area (Å²) in [6.07, 6.45) is 1.87. The normalized spacial score (nSPS) is 10.2. The van der Waals surface area contributed by atoms with Gasteiger partial charge in [-0.3, -0.25) is 4.89 Å². The van der Waals surface area contributed by atoms with Crippen LogP contribution in [0.25, 0.3) is 0 Å². The molecule has 0 aliphatic rings. The van der Waals surface area contributed by atoms with Gasteiger partial charge in [-0.1, -0.05) is 44.7 Å². The first-order chi connectivity index (χ1) is 19.4. The number of unbranched alkanes of at least 4 members (excludes halogenated alkanes) is 1. The number of ether oxygens (including phenoxy) is 2. The molecular weight excluding hydrogens is 536 g/mol. The smallest absolute Gasteiger partial charge is 0.368 e. The van der Waals surface area contributed by atoms with E-state index >= 15 is 0 Å². The van der Waals surface area contributed by atoms with Crippen molar-refractivity contribution in [2.24, 2.45) is 0 Å². The zero-order chi connectivity index (χ0) is 33.1. The Balaban J connectivity index is -0.000000240. The highest BCUT2D eigenvalue weighted by molar-refractivity contribution is 5.87. The molecule has 0 fully saturated rings. The maximum absolute atomic E-state index is 11.8. The number of aliphatic hydroxyl groups excluding tert-OH is 5. The topological polar surface area (TPSA) is 172 Å². The maximum atomic E-state index is 11.8. The van der Waals surface area contributed by atoms with Crippen LogP contribution in [0.3, 0.4) is 0 Å². The van der Waals surface area contributed by atoms with Crippen molar-refractivity contribution < 1.29 is 54.4 Å². The van der Waals surface area contributed by atoms with Crippen LogP contribution in [0.2, 0.25) is 0 Å². The highest BCUT2D eigenvalue weighted by Gasteiger charge is 2.38. The quantitative estimate of drug-likeness (QED) is 0.0823. The Hall–Kier alpha value is -2.80. The van der Waals surface area contributed by atoms with E-state index in [1.165, 1.54) is 13.8 Å². The summed E-state index contributed by atoms with van der Waals surface area (Å²) in [4.78, 5) is 33.7. The van der Waals surface area contributed by atoms with E-state index in [0.29, 0.717) is 18.6 Å². The second-order valence-electron chi connectivity index (χ2n) is 7.60. The predicted octanol–water partition coefficient (Wildman–Crippen LogP) is 4.12. The van der Waals surface area contributed by atoms with Crippen molar-refractivity contribution in [2.45, 2.75) is 80.4 Å². The molecule has 1 aromatic carbocycles. The average molecular weight is 593 g/mol. The molecule has 1 unspecified atom stereocenters. The van der Waals surface area contributed by atoms with Gasteiger partial charge < -0.3 is 35.0 Å². The first-order valence-corrected chi connectivity index (χ1v) is 13.5. The van der Waals surface area contributed by atoms with Gasteiger partial charge in [0.05, 0.1) is 0 Å². The van der Waals surface area contributed by atoms with Gasteiger partial charge in [-0.25, -0.2) is 9.59 Å². The number of esters is 1. The van der Waals surface area contributed by atoms with Crippen LogP contribution in [-0.4, -0.2) is 82.9 Å². The summed E-state index contributed by atoms with van der Waals surface area (Å²) in [6, 6.07) is 8.87. The number of rotatable bonds is 11. The van der Waals surface area contributed by atoms with Crippen LogP contribution < -0.4 is 4.74 Å². The van der Waals surface area contributed by atoms with E-state index in [1.54, 1.807) is 58.9 Å². The zero-order valence-electron chi connectivity index (χ0n) is 26.4. The summed E-state index contributed by atoms with van der Waals surface area (Å²) in [7, 11) is 0. The highest BCUT2D eigenvalue weighted by Crippen LogP contribution is 2.26.